The molecule has 0 aliphatic carbocycles. The predicted molar refractivity (Wildman–Crippen MR) is 56.7 cm³/mol. The normalized spacial score (nSPS) is 9.08. The topological polar surface area (TPSA) is 26.0 Å². The van der Waals surface area contributed by atoms with Crippen LogP contribution in [0.3, 0.4) is 0 Å². The van der Waals surface area contributed by atoms with E-state index in [0.717, 1.165) is 5.69 Å². The molecule has 2 heteroatoms. The molecule has 0 spiro atoms. The largest absolute Gasteiger partial charge is 0.399 e. The van der Waals surface area contributed by atoms with Crippen molar-refractivity contribution in [1.29, 1.82) is 0 Å². The van der Waals surface area contributed by atoms with Gasteiger partial charge >= 0.3 is 0 Å². The maximum absolute atomic E-state index is 5.56. The van der Waals surface area contributed by atoms with Crippen LogP contribution in [0.4, 0.5) is 5.69 Å². The Balaban J connectivity index is 0.00000121. The zero-order valence-electron chi connectivity index (χ0n) is 7.42. The van der Waals surface area contributed by atoms with Crippen molar-refractivity contribution in [3.8, 4) is 0 Å². The van der Waals surface area contributed by atoms with E-state index in [4.69, 9.17) is 5.73 Å². The number of nitrogen functional groups attached to an aromatic ring is 1. The molecule has 0 fully saturated rings. The summed E-state index contributed by atoms with van der Waals surface area (Å²) in [6.45, 7) is 2.21. The molecule has 0 bridgehead atoms. The van der Waals surface area contributed by atoms with Crippen molar-refractivity contribution in [3.05, 3.63) is 29.8 Å². The van der Waals surface area contributed by atoms with Crippen molar-refractivity contribution < 1.29 is 0 Å². The van der Waals surface area contributed by atoms with Crippen LogP contribution < -0.4 is 5.73 Å². The van der Waals surface area contributed by atoms with Crippen LogP contribution in [0.1, 0.15) is 25.3 Å². The Kier molecular flexibility index (Phi) is 5.56. The van der Waals surface area contributed by atoms with Crippen LogP contribution >= 0.6 is 12.4 Å². The first-order valence-electron chi connectivity index (χ1n) is 4.17. The highest BCUT2D eigenvalue weighted by molar-refractivity contribution is 5.85. The van der Waals surface area contributed by atoms with E-state index < -0.39 is 0 Å². The van der Waals surface area contributed by atoms with E-state index in [1.165, 1.54) is 24.8 Å². The second-order valence-electron chi connectivity index (χ2n) is 2.85. The Morgan fingerprint density at radius 1 is 1.17 bits per heavy atom. The fourth-order valence-corrected chi connectivity index (χ4v) is 1.07. The molecule has 12 heavy (non-hydrogen) atoms. The second-order valence-corrected chi connectivity index (χ2v) is 2.85. The highest BCUT2D eigenvalue weighted by Gasteiger charge is 1.90. The summed E-state index contributed by atoms with van der Waals surface area (Å²) in [5.41, 5.74) is 7.80. The molecule has 1 nitrogen and oxygen atoms in total. The Labute approximate surface area is 80.4 Å². The number of anilines is 1. The molecule has 0 amide bonds. The third-order valence-electron chi connectivity index (χ3n) is 1.80. The molecule has 0 aliphatic heterocycles. The zero-order chi connectivity index (χ0) is 8.10. The van der Waals surface area contributed by atoms with Crippen LogP contribution in [-0.4, -0.2) is 0 Å². The number of rotatable bonds is 3. The molecule has 1 aromatic rings. The summed E-state index contributed by atoms with van der Waals surface area (Å²) in [7, 11) is 0. The maximum atomic E-state index is 5.56. The number of benzene rings is 1. The minimum absolute atomic E-state index is 0. The van der Waals surface area contributed by atoms with Crippen molar-refractivity contribution in [1.82, 2.24) is 0 Å². The first-order chi connectivity index (χ1) is 5.33. The summed E-state index contributed by atoms with van der Waals surface area (Å²) in [6, 6.07) is 8.13. The SMILES string of the molecule is CCCCc1ccc(N)cc1.Cl. The molecule has 0 saturated heterocycles. The molecule has 2 N–H and O–H groups in total. The van der Waals surface area contributed by atoms with E-state index in [1.807, 2.05) is 12.1 Å². The average Bonchev–Trinajstić information content (AvgIpc) is 2.04. The summed E-state index contributed by atoms with van der Waals surface area (Å²) in [6.07, 6.45) is 3.70. The van der Waals surface area contributed by atoms with Gasteiger partial charge in [-0.25, -0.2) is 0 Å². The van der Waals surface area contributed by atoms with Crippen molar-refractivity contribution >= 4 is 18.1 Å². The quantitative estimate of drug-likeness (QED) is 0.720. The van der Waals surface area contributed by atoms with Gasteiger partial charge in [0.05, 0.1) is 0 Å². The summed E-state index contributed by atoms with van der Waals surface area (Å²) < 4.78 is 0. The molecule has 0 aromatic heterocycles. The van der Waals surface area contributed by atoms with Crippen LogP contribution in [0.5, 0.6) is 0 Å². The minimum atomic E-state index is 0. The highest BCUT2D eigenvalue weighted by atomic mass is 35.5. The van der Waals surface area contributed by atoms with Crippen LogP contribution in [0.2, 0.25) is 0 Å². The number of hydrogen-bond acceptors (Lipinski definition) is 1. The maximum Gasteiger partial charge on any atom is 0.0314 e. The van der Waals surface area contributed by atoms with Crippen LogP contribution in [-0.2, 0) is 6.42 Å². The lowest BCUT2D eigenvalue weighted by molar-refractivity contribution is 0.795. The van der Waals surface area contributed by atoms with Gasteiger partial charge in [0.2, 0.25) is 0 Å². The predicted octanol–water partition coefficient (Wildman–Crippen LogP) is 3.03. The third-order valence-corrected chi connectivity index (χ3v) is 1.80. The number of aryl methyl sites for hydroxylation is 1. The first-order valence-corrected chi connectivity index (χ1v) is 4.17. The van der Waals surface area contributed by atoms with Crippen molar-refractivity contribution in [3.63, 3.8) is 0 Å². The molecular weight excluding hydrogens is 170 g/mol. The van der Waals surface area contributed by atoms with E-state index >= 15 is 0 Å². The van der Waals surface area contributed by atoms with Crippen LogP contribution in [0.25, 0.3) is 0 Å². The summed E-state index contributed by atoms with van der Waals surface area (Å²) in [5, 5.41) is 0. The highest BCUT2D eigenvalue weighted by Crippen LogP contribution is 2.08. The first kappa shape index (κ1) is 11.3. The molecular formula is C10H16ClN. The number of unbranched alkanes of at least 4 members (excludes halogenated alkanes) is 1. The Hall–Kier alpha value is -0.690. The van der Waals surface area contributed by atoms with Gasteiger partial charge in [-0.2, -0.15) is 0 Å². The van der Waals surface area contributed by atoms with Crippen LogP contribution in [0, 0.1) is 0 Å². The number of nitrogens with two attached hydrogens (primary N) is 1. The molecule has 0 atom stereocenters. The fraction of sp³-hybridized carbons (Fsp3) is 0.400. The summed E-state index contributed by atoms with van der Waals surface area (Å²) in [4.78, 5) is 0. The Morgan fingerprint density at radius 2 is 1.75 bits per heavy atom. The summed E-state index contributed by atoms with van der Waals surface area (Å²) in [5.74, 6) is 0. The number of hydrogen-bond donors (Lipinski definition) is 1. The van der Waals surface area contributed by atoms with Gasteiger partial charge in [-0.3, -0.25) is 0 Å². The van der Waals surface area contributed by atoms with E-state index in [2.05, 4.69) is 19.1 Å². The van der Waals surface area contributed by atoms with Crippen molar-refractivity contribution in [2.45, 2.75) is 26.2 Å². The fourth-order valence-electron chi connectivity index (χ4n) is 1.07. The lowest BCUT2D eigenvalue weighted by Gasteiger charge is -1.99. The van der Waals surface area contributed by atoms with Gasteiger partial charge in [0.15, 0.2) is 0 Å². The van der Waals surface area contributed by atoms with Crippen molar-refractivity contribution in [2.24, 2.45) is 0 Å². The lowest BCUT2D eigenvalue weighted by atomic mass is 10.1. The average molecular weight is 186 g/mol. The van der Waals surface area contributed by atoms with Gasteiger partial charge in [0.1, 0.15) is 0 Å². The minimum Gasteiger partial charge on any atom is -0.399 e. The molecule has 0 saturated carbocycles. The standard InChI is InChI=1S/C10H15N.ClH/c1-2-3-4-9-5-7-10(11)8-6-9;/h5-8H,2-4,11H2,1H3;1H. The van der Waals surface area contributed by atoms with Gasteiger partial charge in [0, 0.05) is 5.69 Å². The Bertz CT molecular complexity index is 206. The monoisotopic (exact) mass is 185 g/mol. The van der Waals surface area contributed by atoms with E-state index in [1.54, 1.807) is 0 Å². The van der Waals surface area contributed by atoms with Gasteiger partial charge in [0.25, 0.3) is 0 Å². The molecule has 0 heterocycles. The lowest BCUT2D eigenvalue weighted by Crippen LogP contribution is -1.87. The molecule has 0 radical (unpaired) electrons. The molecule has 1 aromatic carbocycles. The second kappa shape index (κ2) is 5.90. The zero-order valence-corrected chi connectivity index (χ0v) is 8.23. The van der Waals surface area contributed by atoms with Gasteiger partial charge in [-0.05, 0) is 30.5 Å². The van der Waals surface area contributed by atoms with Gasteiger partial charge < -0.3 is 5.73 Å². The Morgan fingerprint density at radius 3 is 2.25 bits per heavy atom. The van der Waals surface area contributed by atoms with Gasteiger partial charge in [-0.1, -0.05) is 25.5 Å². The molecule has 0 unspecified atom stereocenters. The van der Waals surface area contributed by atoms with Crippen LogP contribution in [0.15, 0.2) is 24.3 Å². The van der Waals surface area contributed by atoms with Gasteiger partial charge in [-0.15, -0.1) is 12.4 Å². The van der Waals surface area contributed by atoms with E-state index in [-0.39, 0.29) is 12.4 Å². The smallest absolute Gasteiger partial charge is 0.0314 e. The summed E-state index contributed by atoms with van der Waals surface area (Å²) >= 11 is 0. The third kappa shape index (κ3) is 3.63. The van der Waals surface area contributed by atoms with Crippen molar-refractivity contribution in [2.75, 3.05) is 5.73 Å². The molecule has 0 aliphatic rings. The molecule has 1 rings (SSSR count). The molecule has 68 valence electrons. The van der Waals surface area contributed by atoms with E-state index in [0.29, 0.717) is 0 Å². The van der Waals surface area contributed by atoms with E-state index in [9.17, 15) is 0 Å². The number of halogens is 1.